The molecule has 116 valence electrons. The molecular weight excluding hydrogens is 274 g/mol. The van der Waals surface area contributed by atoms with Crippen LogP contribution in [0.15, 0.2) is 48.5 Å². The number of anilines is 1. The number of hydrogen-bond acceptors (Lipinski definition) is 2. The lowest BCUT2D eigenvalue weighted by Gasteiger charge is -2.18. The maximum absolute atomic E-state index is 12.4. The van der Waals surface area contributed by atoms with E-state index in [1.807, 2.05) is 36.4 Å². The maximum atomic E-state index is 12.4. The van der Waals surface area contributed by atoms with Crippen LogP contribution in [0.1, 0.15) is 31.9 Å². The van der Waals surface area contributed by atoms with Crippen molar-refractivity contribution >= 4 is 11.6 Å². The predicted molar refractivity (Wildman–Crippen MR) is 90.4 cm³/mol. The zero-order valence-electron chi connectivity index (χ0n) is 13.4. The second-order valence-electron chi connectivity index (χ2n) is 5.22. The molecule has 0 spiro atoms. The number of nitrogens with one attached hydrogen (secondary N) is 1. The maximum Gasteiger partial charge on any atom is 0.265 e. The first-order valence-electron chi connectivity index (χ1n) is 7.79. The molecule has 0 saturated heterocycles. The van der Waals surface area contributed by atoms with Gasteiger partial charge >= 0.3 is 0 Å². The average molecular weight is 297 g/mol. The molecule has 2 aromatic rings. The molecule has 0 aromatic heterocycles. The Labute approximate surface area is 132 Å². The fourth-order valence-electron chi connectivity index (χ4n) is 2.38. The number of aryl methyl sites for hydroxylation is 2. The van der Waals surface area contributed by atoms with Gasteiger partial charge in [0.2, 0.25) is 0 Å². The molecule has 0 aliphatic heterocycles. The van der Waals surface area contributed by atoms with Gasteiger partial charge in [-0.25, -0.2) is 0 Å². The number of hydrogen-bond donors (Lipinski definition) is 1. The van der Waals surface area contributed by atoms with Crippen molar-refractivity contribution in [2.45, 2.75) is 39.7 Å². The minimum Gasteiger partial charge on any atom is -0.481 e. The number of rotatable bonds is 6. The fourth-order valence-corrected chi connectivity index (χ4v) is 2.38. The Bertz CT molecular complexity index is 600. The van der Waals surface area contributed by atoms with Crippen molar-refractivity contribution in [1.29, 1.82) is 0 Å². The standard InChI is InChI=1S/C19H23NO2/c1-4-15-10-9-11-16(5-2)18(15)20-19(21)14(3)22-17-12-7-6-8-13-17/h6-14H,4-5H2,1-3H3,(H,20,21)/t14-/m0/s1. The van der Waals surface area contributed by atoms with E-state index in [2.05, 4.69) is 31.3 Å². The summed E-state index contributed by atoms with van der Waals surface area (Å²) < 4.78 is 5.68. The number of carbonyl (C=O) groups excluding carboxylic acids is 1. The van der Waals surface area contributed by atoms with Crippen LogP contribution in [-0.4, -0.2) is 12.0 Å². The third-order valence-electron chi connectivity index (χ3n) is 3.67. The molecule has 3 heteroatoms. The fraction of sp³-hybridized carbons (Fsp3) is 0.316. The van der Waals surface area contributed by atoms with Crippen molar-refractivity contribution in [3.8, 4) is 5.75 Å². The zero-order valence-corrected chi connectivity index (χ0v) is 13.4. The van der Waals surface area contributed by atoms with Gasteiger partial charge in [-0.2, -0.15) is 0 Å². The summed E-state index contributed by atoms with van der Waals surface area (Å²) in [6, 6.07) is 15.5. The number of para-hydroxylation sites is 2. The Morgan fingerprint density at radius 2 is 1.59 bits per heavy atom. The summed E-state index contributed by atoms with van der Waals surface area (Å²) in [5, 5.41) is 3.04. The van der Waals surface area contributed by atoms with Gasteiger partial charge in [0, 0.05) is 5.69 Å². The number of ether oxygens (including phenoxy) is 1. The van der Waals surface area contributed by atoms with Crippen LogP contribution in [0.5, 0.6) is 5.75 Å². The van der Waals surface area contributed by atoms with Crippen molar-refractivity contribution in [2.24, 2.45) is 0 Å². The summed E-state index contributed by atoms with van der Waals surface area (Å²) in [6.07, 6.45) is 1.23. The molecule has 0 bridgehead atoms. The van der Waals surface area contributed by atoms with Gasteiger partial charge in [0.05, 0.1) is 0 Å². The largest absolute Gasteiger partial charge is 0.481 e. The van der Waals surface area contributed by atoms with Crippen LogP contribution in [0, 0.1) is 0 Å². The normalized spacial score (nSPS) is 11.8. The van der Waals surface area contributed by atoms with Crippen LogP contribution in [-0.2, 0) is 17.6 Å². The molecule has 0 aliphatic rings. The molecule has 2 aromatic carbocycles. The Morgan fingerprint density at radius 1 is 1.00 bits per heavy atom. The van der Waals surface area contributed by atoms with E-state index in [0.29, 0.717) is 5.75 Å². The number of benzene rings is 2. The van der Waals surface area contributed by atoms with Gasteiger partial charge in [0.15, 0.2) is 6.10 Å². The Balaban J connectivity index is 2.11. The lowest BCUT2D eigenvalue weighted by atomic mass is 10.0. The van der Waals surface area contributed by atoms with Crippen LogP contribution in [0.25, 0.3) is 0 Å². The molecular formula is C19H23NO2. The number of amides is 1. The second-order valence-corrected chi connectivity index (χ2v) is 5.22. The SMILES string of the molecule is CCc1cccc(CC)c1NC(=O)[C@H](C)Oc1ccccc1. The van der Waals surface area contributed by atoms with E-state index in [0.717, 1.165) is 29.7 Å². The average Bonchev–Trinajstić information content (AvgIpc) is 2.55. The summed E-state index contributed by atoms with van der Waals surface area (Å²) in [5.41, 5.74) is 3.24. The minimum absolute atomic E-state index is 0.126. The summed E-state index contributed by atoms with van der Waals surface area (Å²) in [4.78, 5) is 12.4. The molecule has 0 aliphatic carbocycles. The topological polar surface area (TPSA) is 38.3 Å². The van der Waals surface area contributed by atoms with Crippen molar-refractivity contribution in [3.05, 3.63) is 59.7 Å². The van der Waals surface area contributed by atoms with Crippen LogP contribution >= 0.6 is 0 Å². The summed E-state index contributed by atoms with van der Waals surface area (Å²) in [7, 11) is 0. The molecule has 0 radical (unpaired) electrons. The van der Waals surface area contributed by atoms with E-state index in [9.17, 15) is 4.79 Å². The van der Waals surface area contributed by atoms with E-state index < -0.39 is 6.10 Å². The first-order chi connectivity index (χ1) is 10.7. The monoisotopic (exact) mass is 297 g/mol. The Morgan fingerprint density at radius 3 is 2.14 bits per heavy atom. The van der Waals surface area contributed by atoms with Crippen LogP contribution in [0.3, 0.4) is 0 Å². The Hall–Kier alpha value is -2.29. The first kappa shape index (κ1) is 16.1. The van der Waals surface area contributed by atoms with Gasteiger partial charge in [-0.05, 0) is 43.0 Å². The quantitative estimate of drug-likeness (QED) is 0.867. The second kappa shape index (κ2) is 7.64. The van der Waals surface area contributed by atoms with E-state index in [1.54, 1.807) is 6.92 Å². The highest BCUT2D eigenvalue weighted by molar-refractivity contribution is 5.95. The highest BCUT2D eigenvalue weighted by Gasteiger charge is 2.17. The van der Waals surface area contributed by atoms with E-state index in [4.69, 9.17) is 4.74 Å². The number of carbonyl (C=O) groups is 1. The van der Waals surface area contributed by atoms with Gasteiger partial charge in [-0.1, -0.05) is 50.2 Å². The molecule has 1 atom stereocenters. The third kappa shape index (κ3) is 3.88. The summed E-state index contributed by atoms with van der Waals surface area (Å²) in [5.74, 6) is 0.573. The molecule has 1 amide bonds. The summed E-state index contributed by atoms with van der Waals surface area (Å²) in [6.45, 7) is 5.95. The highest BCUT2D eigenvalue weighted by Crippen LogP contribution is 2.23. The molecule has 0 unspecified atom stereocenters. The first-order valence-corrected chi connectivity index (χ1v) is 7.79. The minimum atomic E-state index is -0.544. The third-order valence-corrected chi connectivity index (χ3v) is 3.67. The Kier molecular flexibility index (Phi) is 5.59. The van der Waals surface area contributed by atoms with Crippen molar-refractivity contribution in [3.63, 3.8) is 0 Å². The van der Waals surface area contributed by atoms with Crippen molar-refractivity contribution < 1.29 is 9.53 Å². The van der Waals surface area contributed by atoms with E-state index in [1.165, 1.54) is 0 Å². The molecule has 0 fully saturated rings. The van der Waals surface area contributed by atoms with Crippen LogP contribution in [0.2, 0.25) is 0 Å². The lowest BCUT2D eigenvalue weighted by Crippen LogP contribution is -2.30. The van der Waals surface area contributed by atoms with Gasteiger partial charge in [-0.15, -0.1) is 0 Å². The van der Waals surface area contributed by atoms with E-state index in [-0.39, 0.29) is 5.91 Å². The van der Waals surface area contributed by atoms with Crippen molar-refractivity contribution in [1.82, 2.24) is 0 Å². The molecule has 0 heterocycles. The van der Waals surface area contributed by atoms with Gasteiger partial charge in [0.1, 0.15) is 5.75 Å². The smallest absolute Gasteiger partial charge is 0.265 e. The molecule has 2 rings (SSSR count). The van der Waals surface area contributed by atoms with Gasteiger partial charge < -0.3 is 10.1 Å². The molecule has 0 saturated carbocycles. The predicted octanol–water partition coefficient (Wildman–Crippen LogP) is 4.22. The molecule has 22 heavy (non-hydrogen) atoms. The van der Waals surface area contributed by atoms with Crippen molar-refractivity contribution in [2.75, 3.05) is 5.32 Å². The van der Waals surface area contributed by atoms with Gasteiger partial charge in [0.25, 0.3) is 5.91 Å². The van der Waals surface area contributed by atoms with Crippen LogP contribution < -0.4 is 10.1 Å². The van der Waals surface area contributed by atoms with Gasteiger partial charge in [-0.3, -0.25) is 4.79 Å². The lowest BCUT2D eigenvalue weighted by molar-refractivity contribution is -0.122. The molecule has 1 N–H and O–H groups in total. The zero-order chi connectivity index (χ0) is 15.9. The summed E-state index contributed by atoms with van der Waals surface area (Å²) >= 11 is 0. The highest BCUT2D eigenvalue weighted by atomic mass is 16.5. The molecule has 3 nitrogen and oxygen atoms in total. The van der Waals surface area contributed by atoms with E-state index >= 15 is 0 Å². The van der Waals surface area contributed by atoms with Crippen LogP contribution in [0.4, 0.5) is 5.69 Å².